The highest BCUT2D eigenvalue weighted by molar-refractivity contribution is 5.92. The van der Waals surface area contributed by atoms with E-state index in [1.54, 1.807) is 7.11 Å². The van der Waals surface area contributed by atoms with Gasteiger partial charge in [0.05, 0.1) is 6.61 Å². The molecule has 112 valence electrons. The second-order valence-electron chi connectivity index (χ2n) is 5.64. The van der Waals surface area contributed by atoms with Crippen molar-refractivity contribution in [2.75, 3.05) is 46.9 Å². The second-order valence-corrected chi connectivity index (χ2v) is 5.64. The van der Waals surface area contributed by atoms with Crippen LogP contribution in [0.2, 0.25) is 0 Å². The summed E-state index contributed by atoms with van der Waals surface area (Å²) in [6, 6.07) is 3.78. The van der Waals surface area contributed by atoms with Crippen molar-refractivity contribution in [3.05, 3.63) is 24.0 Å². The Kier molecular flexibility index (Phi) is 5.20. The highest BCUT2D eigenvalue weighted by atomic mass is 16.5. The van der Waals surface area contributed by atoms with Gasteiger partial charge in [0.2, 0.25) is 0 Å². The maximum atomic E-state index is 12.3. The van der Waals surface area contributed by atoms with E-state index >= 15 is 0 Å². The van der Waals surface area contributed by atoms with Crippen molar-refractivity contribution >= 4 is 5.91 Å². The van der Waals surface area contributed by atoms with Crippen LogP contribution in [0.1, 0.15) is 16.9 Å². The van der Waals surface area contributed by atoms with Crippen LogP contribution in [0.5, 0.6) is 0 Å². The van der Waals surface area contributed by atoms with Crippen LogP contribution in [0.15, 0.2) is 18.3 Å². The van der Waals surface area contributed by atoms with E-state index in [0.29, 0.717) is 5.92 Å². The van der Waals surface area contributed by atoms with Gasteiger partial charge in [-0.1, -0.05) is 0 Å². The quantitative estimate of drug-likeness (QED) is 0.781. The first-order valence-corrected chi connectivity index (χ1v) is 7.20. The first-order chi connectivity index (χ1) is 9.61. The van der Waals surface area contributed by atoms with Crippen molar-refractivity contribution in [1.82, 2.24) is 14.4 Å². The third-order valence-electron chi connectivity index (χ3n) is 4.02. The van der Waals surface area contributed by atoms with Crippen LogP contribution in [0.25, 0.3) is 0 Å². The second kappa shape index (κ2) is 6.90. The Bertz CT molecular complexity index is 444. The molecule has 1 aromatic heterocycles. The van der Waals surface area contributed by atoms with E-state index in [9.17, 15) is 4.79 Å². The molecule has 1 atom stereocenters. The highest BCUT2D eigenvalue weighted by Crippen LogP contribution is 2.17. The van der Waals surface area contributed by atoms with Gasteiger partial charge in [0, 0.05) is 47.0 Å². The number of hydrogen-bond acceptors (Lipinski definition) is 3. The Morgan fingerprint density at radius 1 is 1.55 bits per heavy atom. The SMILES string of the molecule is COCCN1CC[C@@H](CN(C)C(=O)c2cccn2C)C1. The lowest BCUT2D eigenvalue weighted by molar-refractivity contribution is 0.0762. The summed E-state index contributed by atoms with van der Waals surface area (Å²) in [5, 5.41) is 0. The van der Waals surface area contributed by atoms with E-state index in [1.807, 2.05) is 41.9 Å². The number of rotatable bonds is 6. The minimum absolute atomic E-state index is 0.104. The van der Waals surface area contributed by atoms with Crippen molar-refractivity contribution in [2.24, 2.45) is 13.0 Å². The molecule has 1 aliphatic rings. The molecule has 0 unspecified atom stereocenters. The summed E-state index contributed by atoms with van der Waals surface area (Å²) >= 11 is 0. The van der Waals surface area contributed by atoms with E-state index in [-0.39, 0.29) is 5.91 Å². The lowest BCUT2D eigenvalue weighted by atomic mass is 10.1. The van der Waals surface area contributed by atoms with Gasteiger partial charge >= 0.3 is 0 Å². The van der Waals surface area contributed by atoms with Gasteiger partial charge in [0.15, 0.2) is 0 Å². The minimum Gasteiger partial charge on any atom is -0.383 e. The van der Waals surface area contributed by atoms with Crippen LogP contribution in [-0.4, -0.2) is 67.2 Å². The lowest BCUT2D eigenvalue weighted by Gasteiger charge is -2.22. The number of hydrogen-bond donors (Lipinski definition) is 0. The van der Waals surface area contributed by atoms with Crippen LogP contribution in [0, 0.1) is 5.92 Å². The molecule has 5 heteroatoms. The molecule has 0 saturated carbocycles. The highest BCUT2D eigenvalue weighted by Gasteiger charge is 2.25. The van der Waals surface area contributed by atoms with E-state index in [0.717, 1.165) is 44.9 Å². The van der Waals surface area contributed by atoms with Gasteiger partial charge in [-0.15, -0.1) is 0 Å². The zero-order valence-corrected chi connectivity index (χ0v) is 12.7. The van der Waals surface area contributed by atoms with Gasteiger partial charge in [-0.25, -0.2) is 0 Å². The first kappa shape index (κ1) is 15.1. The average molecular weight is 279 g/mol. The van der Waals surface area contributed by atoms with E-state index in [4.69, 9.17) is 4.74 Å². The van der Waals surface area contributed by atoms with Crippen LogP contribution in [-0.2, 0) is 11.8 Å². The van der Waals surface area contributed by atoms with Gasteiger partial charge in [0.1, 0.15) is 5.69 Å². The first-order valence-electron chi connectivity index (χ1n) is 7.20. The monoisotopic (exact) mass is 279 g/mol. The Labute approximate surface area is 121 Å². The summed E-state index contributed by atoms with van der Waals surface area (Å²) in [6.45, 7) is 4.77. The Morgan fingerprint density at radius 3 is 3.00 bits per heavy atom. The topological polar surface area (TPSA) is 37.7 Å². The zero-order valence-electron chi connectivity index (χ0n) is 12.7. The summed E-state index contributed by atoms with van der Waals surface area (Å²) in [5.74, 6) is 0.675. The van der Waals surface area contributed by atoms with Crippen LogP contribution in [0.4, 0.5) is 0 Å². The fourth-order valence-corrected chi connectivity index (χ4v) is 2.83. The van der Waals surface area contributed by atoms with E-state index in [2.05, 4.69) is 4.90 Å². The molecule has 0 radical (unpaired) electrons. The average Bonchev–Trinajstić information content (AvgIpc) is 3.04. The fourth-order valence-electron chi connectivity index (χ4n) is 2.83. The van der Waals surface area contributed by atoms with Crippen molar-refractivity contribution in [3.8, 4) is 0 Å². The van der Waals surface area contributed by atoms with Crippen molar-refractivity contribution in [3.63, 3.8) is 0 Å². The van der Waals surface area contributed by atoms with Gasteiger partial charge in [-0.2, -0.15) is 0 Å². The van der Waals surface area contributed by atoms with Crippen LogP contribution in [0.3, 0.4) is 0 Å². The van der Waals surface area contributed by atoms with Crippen molar-refractivity contribution < 1.29 is 9.53 Å². The Morgan fingerprint density at radius 2 is 2.35 bits per heavy atom. The molecule has 1 aliphatic heterocycles. The number of carbonyl (C=O) groups excluding carboxylic acids is 1. The number of aryl methyl sites for hydroxylation is 1. The molecule has 0 aliphatic carbocycles. The smallest absolute Gasteiger partial charge is 0.270 e. The molecule has 0 N–H and O–H groups in total. The summed E-state index contributed by atoms with van der Waals surface area (Å²) in [4.78, 5) is 16.6. The van der Waals surface area contributed by atoms with Crippen molar-refractivity contribution in [1.29, 1.82) is 0 Å². The fraction of sp³-hybridized carbons (Fsp3) is 0.667. The number of nitrogens with zero attached hydrogens (tertiary/aromatic N) is 3. The van der Waals surface area contributed by atoms with E-state index < -0.39 is 0 Å². The Balaban J connectivity index is 1.82. The predicted molar refractivity (Wildman–Crippen MR) is 78.8 cm³/mol. The number of ether oxygens (including phenoxy) is 1. The van der Waals surface area contributed by atoms with Gasteiger partial charge in [0.25, 0.3) is 5.91 Å². The summed E-state index contributed by atoms with van der Waals surface area (Å²) in [5.41, 5.74) is 0.752. The molecule has 2 heterocycles. The van der Waals surface area contributed by atoms with Gasteiger partial charge < -0.3 is 19.1 Å². The predicted octanol–water partition coefficient (Wildman–Crippen LogP) is 1.07. The normalized spacial score (nSPS) is 19.4. The molecule has 2 rings (SSSR count). The molecule has 1 amide bonds. The summed E-state index contributed by atoms with van der Waals surface area (Å²) in [6.07, 6.45) is 3.07. The van der Waals surface area contributed by atoms with E-state index in [1.165, 1.54) is 0 Å². The largest absolute Gasteiger partial charge is 0.383 e. The molecule has 0 aromatic carbocycles. The number of methoxy groups -OCH3 is 1. The maximum Gasteiger partial charge on any atom is 0.270 e. The molecule has 1 saturated heterocycles. The molecule has 5 nitrogen and oxygen atoms in total. The third-order valence-corrected chi connectivity index (χ3v) is 4.02. The van der Waals surface area contributed by atoms with Crippen LogP contribution < -0.4 is 0 Å². The van der Waals surface area contributed by atoms with Crippen LogP contribution >= 0.6 is 0 Å². The number of aromatic nitrogens is 1. The minimum atomic E-state index is 0.104. The summed E-state index contributed by atoms with van der Waals surface area (Å²) in [7, 11) is 5.54. The maximum absolute atomic E-state index is 12.3. The molecule has 0 bridgehead atoms. The molecule has 20 heavy (non-hydrogen) atoms. The lowest BCUT2D eigenvalue weighted by Crippen LogP contribution is -2.34. The molecular formula is C15H25N3O2. The standard InChI is InChI=1S/C15H25N3O2/c1-16-7-4-5-14(16)15(19)17(2)11-13-6-8-18(12-13)9-10-20-3/h4-5,7,13H,6,8-12H2,1-3H3/t13-/m0/s1. The van der Waals surface area contributed by atoms with Gasteiger partial charge in [-0.3, -0.25) is 4.79 Å². The molecule has 1 fully saturated rings. The van der Waals surface area contributed by atoms with Gasteiger partial charge in [-0.05, 0) is 31.0 Å². The molecule has 0 spiro atoms. The summed E-state index contributed by atoms with van der Waals surface area (Å²) < 4.78 is 6.98. The molecular weight excluding hydrogens is 254 g/mol. The number of carbonyl (C=O) groups is 1. The Hall–Kier alpha value is -1.33. The molecule has 1 aromatic rings. The number of likely N-dealkylation sites (tertiary alicyclic amines) is 1. The zero-order chi connectivity index (χ0) is 14.5. The number of amides is 1. The van der Waals surface area contributed by atoms with Crippen molar-refractivity contribution in [2.45, 2.75) is 6.42 Å². The third kappa shape index (κ3) is 3.61.